The number of carboxylic acid groups (broad SMARTS) is 1. The molecular weight excluding hydrogens is 315 g/mol. The lowest BCUT2D eigenvalue weighted by Gasteiger charge is -2.17. The van der Waals surface area contributed by atoms with Crippen molar-refractivity contribution in [2.24, 2.45) is 11.8 Å². The topological polar surface area (TPSA) is 78.4 Å². The van der Waals surface area contributed by atoms with Crippen molar-refractivity contribution in [1.29, 1.82) is 0 Å². The quantitative estimate of drug-likeness (QED) is 0.759. The van der Waals surface area contributed by atoms with Gasteiger partial charge in [0.1, 0.15) is 0 Å². The fourth-order valence-electron chi connectivity index (χ4n) is 1.46. The molecule has 0 spiro atoms. The van der Waals surface area contributed by atoms with Gasteiger partial charge in [-0.25, -0.2) is 9.59 Å². The Morgan fingerprint density at radius 2 is 1.71 bits per heavy atom. The predicted molar refractivity (Wildman–Crippen MR) is 84.4 cm³/mol. The molecule has 2 amide bonds. The van der Waals surface area contributed by atoms with Crippen molar-refractivity contribution in [3.05, 3.63) is 27.7 Å². The third kappa shape index (κ3) is 5.10. The molecule has 0 aliphatic heterocycles. The van der Waals surface area contributed by atoms with Crippen LogP contribution in [0.5, 0.6) is 0 Å². The van der Waals surface area contributed by atoms with Gasteiger partial charge in [-0.2, -0.15) is 0 Å². The van der Waals surface area contributed by atoms with E-state index >= 15 is 0 Å². The molecule has 0 heterocycles. The highest BCUT2D eigenvalue weighted by molar-refractivity contribution is 6.40. The van der Waals surface area contributed by atoms with Crippen LogP contribution in [-0.4, -0.2) is 23.7 Å². The summed E-state index contributed by atoms with van der Waals surface area (Å²) < 4.78 is 0. The molecule has 5 nitrogen and oxygen atoms in total. The number of carbonyl (C=O) groups excluding carboxylic acids is 1. The number of benzene rings is 1. The summed E-state index contributed by atoms with van der Waals surface area (Å²) >= 11 is 11.9. The lowest BCUT2D eigenvalue weighted by atomic mass is 9.98. The number of carbonyl (C=O) groups is 2. The van der Waals surface area contributed by atoms with E-state index < -0.39 is 12.0 Å². The van der Waals surface area contributed by atoms with Crippen LogP contribution in [0.4, 0.5) is 10.5 Å². The molecule has 0 saturated carbocycles. The highest BCUT2D eigenvalue weighted by Crippen LogP contribution is 2.31. The monoisotopic (exact) mass is 332 g/mol. The number of aromatic carboxylic acids is 1. The average molecular weight is 333 g/mol. The normalized spacial score (nSPS) is 12.1. The molecule has 116 valence electrons. The average Bonchev–Trinajstić information content (AvgIpc) is 2.39. The zero-order valence-electron chi connectivity index (χ0n) is 12.0. The molecule has 1 aromatic carbocycles. The molecular formula is C14H18Cl2N2O3. The zero-order chi connectivity index (χ0) is 16.2. The molecule has 1 atom stereocenters. The van der Waals surface area contributed by atoms with E-state index in [1.165, 1.54) is 12.1 Å². The largest absolute Gasteiger partial charge is 0.478 e. The van der Waals surface area contributed by atoms with Crippen LogP contribution in [0.2, 0.25) is 10.0 Å². The summed E-state index contributed by atoms with van der Waals surface area (Å²) in [5.74, 6) is -0.357. The summed E-state index contributed by atoms with van der Waals surface area (Å²) in [6.45, 7) is 6.70. The van der Waals surface area contributed by atoms with Gasteiger partial charge in [0.2, 0.25) is 0 Å². The van der Waals surface area contributed by atoms with E-state index in [1.54, 1.807) is 0 Å². The molecule has 21 heavy (non-hydrogen) atoms. The molecule has 0 saturated heterocycles. The van der Waals surface area contributed by atoms with E-state index in [4.69, 9.17) is 28.3 Å². The first kappa shape index (κ1) is 17.6. The lowest BCUT2D eigenvalue weighted by molar-refractivity contribution is 0.0697. The van der Waals surface area contributed by atoms with Gasteiger partial charge in [0.25, 0.3) is 0 Å². The van der Waals surface area contributed by atoms with Gasteiger partial charge < -0.3 is 15.7 Å². The van der Waals surface area contributed by atoms with Gasteiger partial charge in [-0.15, -0.1) is 0 Å². The maximum atomic E-state index is 11.8. The molecule has 1 rings (SSSR count). The van der Waals surface area contributed by atoms with E-state index in [0.717, 1.165) is 0 Å². The van der Waals surface area contributed by atoms with Gasteiger partial charge in [0.05, 0.1) is 21.3 Å². The Morgan fingerprint density at radius 3 is 2.14 bits per heavy atom. The fourth-order valence-corrected chi connectivity index (χ4v) is 2.04. The van der Waals surface area contributed by atoms with Gasteiger partial charge in [-0.3, -0.25) is 0 Å². The van der Waals surface area contributed by atoms with Gasteiger partial charge in [-0.05, 0) is 24.0 Å². The van der Waals surface area contributed by atoms with Gasteiger partial charge in [0.15, 0.2) is 0 Å². The second kappa shape index (κ2) is 7.52. The van der Waals surface area contributed by atoms with Crippen LogP contribution in [0.3, 0.4) is 0 Å². The number of hydrogen-bond donors (Lipinski definition) is 3. The Labute approximate surface area is 133 Å². The molecule has 3 N–H and O–H groups in total. The number of rotatable bonds is 5. The number of hydrogen-bond acceptors (Lipinski definition) is 2. The van der Waals surface area contributed by atoms with Crippen LogP contribution in [0.25, 0.3) is 0 Å². The van der Waals surface area contributed by atoms with Gasteiger partial charge in [0, 0.05) is 6.54 Å². The van der Waals surface area contributed by atoms with Crippen molar-refractivity contribution < 1.29 is 14.7 Å². The van der Waals surface area contributed by atoms with Crippen LogP contribution < -0.4 is 10.6 Å². The number of halogens is 2. The first-order valence-corrected chi connectivity index (χ1v) is 7.25. The lowest BCUT2D eigenvalue weighted by Crippen LogP contribution is -2.33. The van der Waals surface area contributed by atoms with E-state index in [9.17, 15) is 9.59 Å². The molecule has 1 unspecified atom stereocenters. The van der Waals surface area contributed by atoms with Crippen LogP contribution in [-0.2, 0) is 0 Å². The van der Waals surface area contributed by atoms with E-state index in [1.807, 2.05) is 6.92 Å². The Balaban J connectivity index is 2.75. The van der Waals surface area contributed by atoms with Crippen molar-refractivity contribution in [2.75, 3.05) is 11.9 Å². The fraction of sp³-hybridized carbons (Fsp3) is 0.429. The number of nitrogens with one attached hydrogen (secondary N) is 2. The smallest absolute Gasteiger partial charge is 0.335 e. The number of amides is 2. The highest BCUT2D eigenvalue weighted by atomic mass is 35.5. The van der Waals surface area contributed by atoms with Gasteiger partial charge in [-0.1, -0.05) is 44.0 Å². The van der Waals surface area contributed by atoms with Crippen molar-refractivity contribution in [1.82, 2.24) is 5.32 Å². The van der Waals surface area contributed by atoms with Crippen LogP contribution in [0, 0.1) is 11.8 Å². The summed E-state index contributed by atoms with van der Waals surface area (Å²) in [7, 11) is 0. The minimum absolute atomic E-state index is 0.0376. The summed E-state index contributed by atoms with van der Waals surface area (Å²) in [5, 5.41) is 14.3. The molecule has 0 aromatic heterocycles. The second-order valence-electron chi connectivity index (χ2n) is 5.18. The van der Waals surface area contributed by atoms with Crippen LogP contribution in [0.15, 0.2) is 12.1 Å². The summed E-state index contributed by atoms with van der Waals surface area (Å²) in [5.41, 5.74) is 0.155. The van der Waals surface area contributed by atoms with Crippen LogP contribution in [0.1, 0.15) is 31.1 Å². The van der Waals surface area contributed by atoms with Crippen LogP contribution >= 0.6 is 23.2 Å². The molecule has 0 aliphatic rings. The van der Waals surface area contributed by atoms with Crippen molar-refractivity contribution in [3.63, 3.8) is 0 Å². The number of carboxylic acids is 1. The minimum Gasteiger partial charge on any atom is -0.478 e. The SMILES string of the molecule is CC(C)C(C)CNC(=O)Nc1c(Cl)cc(C(=O)O)cc1Cl. The molecule has 0 aliphatic carbocycles. The van der Waals surface area contributed by atoms with E-state index in [-0.39, 0.29) is 21.3 Å². The molecule has 0 fully saturated rings. The Morgan fingerprint density at radius 1 is 1.19 bits per heavy atom. The Bertz CT molecular complexity index is 524. The van der Waals surface area contributed by atoms with Crippen molar-refractivity contribution >= 4 is 40.9 Å². The second-order valence-corrected chi connectivity index (χ2v) is 5.99. The first-order valence-electron chi connectivity index (χ1n) is 6.49. The molecule has 0 bridgehead atoms. The van der Waals surface area contributed by atoms with Crippen molar-refractivity contribution in [3.8, 4) is 0 Å². The molecule has 1 aromatic rings. The molecule has 7 heteroatoms. The third-order valence-electron chi connectivity index (χ3n) is 3.25. The maximum Gasteiger partial charge on any atom is 0.335 e. The summed E-state index contributed by atoms with van der Waals surface area (Å²) in [6.07, 6.45) is 0. The summed E-state index contributed by atoms with van der Waals surface area (Å²) in [6, 6.07) is 2.04. The number of anilines is 1. The van der Waals surface area contributed by atoms with Gasteiger partial charge >= 0.3 is 12.0 Å². The summed E-state index contributed by atoms with van der Waals surface area (Å²) in [4.78, 5) is 22.7. The van der Waals surface area contributed by atoms with Crippen molar-refractivity contribution in [2.45, 2.75) is 20.8 Å². The Hall–Kier alpha value is -1.46. The predicted octanol–water partition coefficient (Wildman–Crippen LogP) is 4.11. The maximum absolute atomic E-state index is 11.8. The number of urea groups is 1. The van der Waals surface area contributed by atoms with E-state index in [2.05, 4.69) is 24.5 Å². The third-order valence-corrected chi connectivity index (χ3v) is 3.85. The minimum atomic E-state index is -1.14. The molecule has 0 radical (unpaired) electrons. The first-order chi connectivity index (χ1) is 9.72. The van der Waals surface area contributed by atoms with E-state index in [0.29, 0.717) is 18.4 Å². The highest BCUT2D eigenvalue weighted by Gasteiger charge is 2.15. The Kier molecular flexibility index (Phi) is 6.30. The standard InChI is InChI=1S/C14H18Cl2N2O3/c1-7(2)8(3)6-17-14(21)18-12-10(15)4-9(13(19)20)5-11(12)16/h4-5,7-8H,6H2,1-3H3,(H,19,20)(H2,17,18,21). The zero-order valence-corrected chi connectivity index (χ0v) is 13.5.